The van der Waals surface area contributed by atoms with Gasteiger partial charge < -0.3 is 20.3 Å². The van der Waals surface area contributed by atoms with Crippen molar-refractivity contribution >= 4 is 11.9 Å². The first-order valence-corrected chi connectivity index (χ1v) is 33.8. The number of carbonyl (C=O) groups is 2. The summed E-state index contributed by atoms with van der Waals surface area (Å²) in [4.78, 5) is 24.6. The van der Waals surface area contributed by atoms with Crippen LogP contribution in [0.5, 0.6) is 0 Å². The molecule has 0 aliphatic carbocycles. The summed E-state index contributed by atoms with van der Waals surface area (Å²) in [6, 6.07) is -0.545. The van der Waals surface area contributed by atoms with E-state index in [4.69, 9.17) is 4.74 Å². The van der Waals surface area contributed by atoms with E-state index in [1.165, 1.54) is 321 Å². The fourth-order valence-electron chi connectivity index (χ4n) is 11.0. The number of unbranched alkanes of at least 4 members (excludes halogenated alkanes) is 53. The molecule has 6 heteroatoms. The van der Waals surface area contributed by atoms with E-state index in [1.807, 2.05) is 0 Å². The first-order valence-electron chi connectivity index (χ1n) is 33.8. The Hall–Kier alpha value is -1.14. The third-order valence-electron chi connectivity index (χ3n) is 16.2. The van der Waals surface area contributed by atoms with Gasteiger partial charge in [0.1, 0.15) is 0 Å². The Kier molecular flexibility index (Phi) is 62.4. The molecule has 2 unspecified atom stereocenters. The van der Waals surface area contributed by atoms with Crippen LogP contribution in [0.3, 0.4) is 0 Å². The Labute approximate surface area is 457 Å². The van der Waals surface area contributed by atoms with Crippen LogP contribution in [0.1, 0.15) is 393 Å². The second-order valence-corrected chi connectivity index (χ2v) is 23.5. The van der Waals surface area contributed by atoms with Crippen LogP contribution < -0.4 is 5.32 Å². The number of esters is 1. The van der Waals surface area contributed by atoms with Crippen molar-refractivity contribution in [1.82, 2.24) is 5.32 Å². The molecule has 0 radical (unpaired) electrons. The summed E-state index contributed by atoms with van der Waals surface area (Å²) < 4.78 is 5.48. The predicted molar refractivity (Wildman–Crippen MR) is 320 cm³/mol. The van der Waals surface area contributed by atoms with E-state index >= 15 is 0 Å². The van der Waals surface area contributed by atoms with Gasteiger partial charge in [-0.15, -0.1) is 0 Å². The minimum absolute atomic E-state index is 0.0105. The molecule has 0 spiro atoms. The van der Waals surface area contributed by atoms with Gasteiger partial charge in [0.2, 0.25) is 5.91 Å². The molecule has 73 heavy (non-hydrogen) atoms. The van der Waals surface area contributed by atoms with E-state index in [2.05, 4.69) is 19.2 Å². The highest BCUT2D eigenvalue weighted by Gasteiger charge is 2.20. The first kappa shape index (κ1) is 71.9. The number of amides is 1. The van der Waals surface area contributed by atoms with Gasteiger partial charge in [-0.2, -0.15) is 0 Å². The van der Waals surface area contributed by atoms with E-state index in [-0.39, 0.29) is 18.5 Å². The van der Waals surface area contributed by atoms with Crippen LogP contribution in [0, 0.1) is 0 Å². The molecule has 1 amide bonds. The zero-order valence-corrected chi connectivity index (χ0v) is 49.9. The fourth-order valence-corrected chi connectivity index (χ4v) is 11.0. The Bertz CT molecular complexity index is 1050. The summed E-state index contributed by atoms with van der Waals surface area (Å²) in [5, 5.41) is 23.4. The monoisotopic (exact) mass is 1030 g/mol. The van der Waals surface area contributed by atoms with Crippen LogP contribution in [0.25, 0.3) is 0 Å². The number of aliphatic hydroxyl groups is 2. The van der Waals surface area contributed by atoms with Crippen LogP contribution in [0.15, 0.2) is 0 Å². The second kappa shape index (κ2) is 63.4. The number of nitrogens with one attached hydrogen (secondary N) is 1. The molecule has 3 N–H and O–H groups in total. The Morgan fingerprint density at radius 1 is 0.329 bits per heavy atom. The van der Waals surface area contributed by atoms with Crippen molar-refractivity contribution in [3.63, 3.8) is 0 Å². The first-order chi connectivity index (χ1) is 36.0. The summed E-state index contributed by atoms with van der Waals surface area (Å²) in [5.41, 5.74) is 0. The van der Waals surface area contributed by atoms with Crippen molar-refractivity contribution in [2.75, 3.05) is 13.2 Å². The molecule has 0 aromatic carbocycles. The predicted octanol–water partition coefficient (Wildman–Crippen LogP) is 21.4. The van der Waals surface area contributed by atoms with Gasteiger partial charge >= 0.3 is 5.97 Å². The van der Waals surface area contributed by atoms with Crippen LogP contribution >= 0.6 is 0 Å². The Balaban J connectivity index is 3.39. The third-order valence-corrected chi connectivity index (χ3v) is 16.2. The number of rotatable bonds is 64. The van der Waals surface area contributed by atoms with Crippen LogP contribution in [0.4, 0.5) is 0 Å². The maximum atomic E-state index is 12.5. The zero-order chi connectivity index (χ0) is 52.9. The molecule has 0 bridgehead atoms. The molecule has 0 aliphatic heterocycles. The van der Waals surface area contributed by atoms with E-state index in [9.17, 15) is 19.8 Å². The standard InChI is InChI=1S/C67H133NO5/c1-3-5-7-9-11-13-15-17-18-19-20-21-22-23-24-25-26-29-32-36-39-43-47-51-55-59-65(70)64(63-69)68-66(71)60-56-52-48-44-40-37-33-30-27-28-31-34-38-42-46-50-54-58-62-73-67(72)61-57-53-49-45-41-35-16-14-12-10-8-6-4-2/h64-65,69-70H,3-63H2,1-2H3,(H,68,71). The summed E-state index contributed by atoms with van der Waals surface area (Å²) in [6.07, 6.45) is 75.6. The van der Waals surface area contributed by atoms with Gasteiger partial charge in [0.15, 0.2) is 0 Å². The molecule has 0 fully saturated rings. The average molecular weight is 1030 g/mol. The summed E-state index contributed by atoms with van der Waals surface area (Å²) in [5.74, 6) is -0.0227. The second-order valence-electron chi connectivity index (χ2n) is 23.5. The smallest absolute Gasteiger partial charge is 0.305 e. The molecule has 0 aromatic rings. The highest BCUT2D eigenvalue weighted by molar-refractivity contribution is 5.76. The van der Waals surface area contributed by atoms with Gasteiger partial charge in [0.25, 0.3) is 0 Å². The maximum absolute atomic E-state index is 12.5. The molecule has 0 aliphatic rings. The summed E-state index contributed by atoms with van der Waals surface area (Å²) >= 11 is 0. The van der Waals surface area contributed by atoms with Crippen molar-refractivity contribution in [3.8, 4) is 0 Å². The lowest BCUT2D eigenvalue weighted by atomic mass is 10.0. The quantitative estimate of drug-likeness (QED) is 0.0417. The molecule has 0 saturated carbocycles. The van der Waals surface area contributed by atoms with Gasteiger partial charge in [-0.1, -0.05) is 354 Å². The van der Waals surface area contributed by atoms with Gasteiger partial charge in [-0.25, -0.2) is 0 Å². The minimum Gasteiger partial charge on any atom is -0.466 e. The molecule has 436 valence electrons. The maximum Gasteiger partial charge on any atom is 0.305 e. The molecule has 0 aromatic heterocycles. The lowest BCUT2D eigenvalue weighted by Crippen LogP contribution is -2.45. The number of hydrogen-bond acceptors (Lipinski definition) is 5. The zero-order valence-electron chi connectivity index (χ0n) is 49.9. The van der Waals surface area contributed by atoms with E-state index in [0.29, 0.717) is 25.9 Å². The van der Waals surface area contributed by atoms with Gasteiger partial charge in [0.05, 0.1) is 25.4 Å². The molecule has 0 rings (SSSR count). The molecule has 0 saturated heterocycles. The van der Waals surface area contributed by atoms with Crippen molar-refractivity contribution in [1.29, 1.82) is 0 Å². The van der Waals surface area contributed by atoms with Crippen LogP contribution in [0.2, 0.25) is 0 Å². The number of aliphatic hydroxyl groups excluding tert-OH is 2. The van der Waals surface area contributed by atoms with Crippen molar-refractivity contribution in [2.24, 2.45) is 0 Å². The largest absolute Gasteiger partial charge is 0.466 e. The van der Waals surface area contributed by atoms with Crippen molar-refractivity contribution in [2.45, 2.75) is 405 Å². The average Bonchev–Trinajstić information content (AvgIpc) is 3.39. The lowest BCUT2D eigenvalue weighted by molar-refractivity contribution is -0.143. The molecular formula is C67H133NO5. The number of carbonyl (C=O) groups excluding carboxylic acids is 2. The van der Waals surface area contributed by atoms with Gasteiger partial charge in [-0.05, 0) is 25.7 Å². The molecular weight excluding hydrogens is 899 g/mol. The fraction of sp³-hybridized carbons (Fsp3) is 0.970. The van der Waals surface area contributed by atoms with E-state index < -0.39 is 12.1 Å². The van der Waals surface area contributed by atoms with Crippen molar-refractivity contribution < 1.29 is 24.5 Å². The Morgan fingerprint density at radius 2 is 0.562 bits per heavy atom. The lowest BCUT2D eigenvalue weighted by Gasteiger charge is -2.22. The highest BCUT2D eigenvalue weighted by atomic mass is 16.5. The van der Waals surface area contributed by atoms with Crippen LogP contribution in [-0.4, -0.2) is 47.4 Å². The van der Waals surface area contributed by atoms with Crippen molar-refractivity contribution in [3.05, 3.63) is 0 Å². The normalized spacial score (nSPS) is 12.4. The van der Waals surface area contributed by atoms with Gasteiger partial charge in [-0.3, -0.25) is 9.59 Å². The molecule has 2 atom stereocenters. The van der Waals surface area contributed by atoms with E-state index in [0.717, 1.165) is 38.5 Å². The van der Waals surface area contributed by atoms with Crippen LogP contribution in [-0.2, 0) is 14.3 Å². The Morgan fingerprint density at radius 3 is 0.836 bits per heavy atom. The summed E-state index contributed by atoms with van der Waals surface area (Å²) in [6.45, 7) is 4.99. The number of hydrogen-bond donors (Lipinski definition) is 3. The molecule has 6 nitrogen and oxygen atoms in total. The SMILES string of the molecule is CCCCCCCCCCCCCCCCCCCCCCCCCCCC(O)C(CO)NC(=O)CCCCCCCCCCCCCCCCCCCCOC(=O)CCCCCCCCCCCCCCC. The van der Waals surface area contributed by atoms with E-state index in [1.54, 1.807) is 0 Å². The topological polar surface area (TPSA) is 95.9 Å². The minimum atomic E-state index is -0.667. The third kappa shape index (κ3) is 60.0. The highest BCUT2D eigenvalue weighted by Crippen LogP contribution is 2.19. The molecule has 0 heterocycles. The number of ether oxygens (including phenoxy) is 1. The summed E-state index contributed by atoms with van der Waals surface area (Å²) in [7, 11) is 0. The van der Waals surface area contributed by atoms with Gasteiger partial charge in [0, 0.05) is 12.8 Å².